The minimum atomic E-state index is 0.0548. The van der Waals surface area contributed by atoms with Crippen molar-refractivity contribution in [2.75, 3.05) is 12.3 Å². The van der Waals surface area contributed by atoms with Crippen molar-refractivity contribution < 1.29 is 4.79 Å². The molecule has 1 aromatic carbocycles. The molecule has 6 heteroatoms. The number of benzene rings is 1. The lowest BCUT2D eigenvalue weighted by Gasteiger charge is -2.00. The molecule has 18 heavy (non-hydrogen) atoms. The van der Waals surface area contributed by atoms with E-state index in [1.807, 2.05) is 25.1 Å². The summed E-state index contributed by atoms with van der Waals surface area (Å²) < 4.78 is 2.00. The van der Waals surface area contributed by atoms with E-state index in [1.54, 1.807) is 11.3 Å². The molecule has 2 rings (SSSR count). The van der Waals surface area contributed by atoms with E-state index in [1.165, 1.54) is 11.8 Å². The van der Waals surface area contributed by atoms with E-state index in [4.69, 9.17) is 11.6 Å². The Hall–Kier alpha value is -0.780. The van der Waals surface area contributed by atoms with Crippen molar-refractivity contribution in [1.29, 1.82) is 0 Å². The average molecular weight is 301 g/mol. The van der Waals surface area contributed by atoms with Gasteiger partial charge in [0.2, 0.25) is 5.91 Å². The molecule has 2 aromatic rings. The maximum absolute atomic E-state index is 11.5. The first kappa shape index (κ1) is 13.6. The van der Waals surface area contributed by atoms with Gasteiger partial charge in [0.25, 0.3) is 0 Å². The Bertz CT molecular complexity index is 556. The van der Waals surface area contributed by atoms with Crippen LogP contribution in [0.2, 0.25) is 5.02 Å². The van der Waals surface area contributed by atoms with Crippen LogP contribution in [0.4, 0.5) is 0 Å². The topological polar surface area (TPSA) is 42.0 Å². The van der Waals surface area contributed by atoms with Gasteiger partial charge in [0.05, 0.1) is 16.0 Å². The van der Waals surface area contributed by atoms with Crippen molar-refractivity contribution in [2.45, 2.75) is 17.7 Å². The number of fused-ring (bicyclic) bond motifs is 1. The number of halogens is 1. The predicted molar refractivity (Wildman–Crippen MR) is 78.7 cm³/mol. The minimum Gasteiger partial charge on any atom is -0.355 e. The van der Waals surface area contributed by atoms with Gasteiger partial charge < -0.3 is 5.32 Å². The molecule has 0 radical (unpaired) electrons. The molecule has 0 bridgehead atoms. The number of nitrogens with zero attached hydrogens (tertiary/aromatic N) is 1. The van der Waals surface area contributed by atoms with Gasteiger partial charge in [0.15, 0.2) is 4.34 Å². The van der Waals surface area contributed by atoms with Crippen LogP contribution < -0.4 is 5.32 Å². The van der Waals surface area contributed by atoms with Crippen LogP contribution in [0.1, 0.15) is 13.3 Å². The second-order valence-corrected chi connectivity index (χ2v) is 6.42. The maximum atomic E-state index is 11.5. The van der Waals surface area contributed by atoms with Crippen LogP contribution in [0.5, 0.6) is 0 Å². The van der Waals surface area contributed by atoms with Crippen molar-refractivity contribution in [3.63, 3.8) is 0 Å². The molecule has 1 N–H and O–H groups in total. The molecule has 96 valence electrons. The van der Waals surface area contributed by atoms with E-state index in [2.05, 4.69) is 10.3 Å². The number of nitrogens with one attached hydrogen (secondary N) is 1. The third-order valence-corrected chi connectivity index (χ3v) is 4.64. The summed E-state index contributed by atoms with van der Waals surface area (Å²) in [5.41, 5.74) is 0.893. The lowest BCUT2D eigenvalue weighted by atomic mass is 10.3. The molecule has 1 aromatic heterocycles. The highest BCUT2D eigenvalue weighted by molar-refractivity contribution is 8.01. The molecular formula is C12H13ClN2OS2. The van der Waals surface area contributed by atoms with Gasteiger partial charge in [-0.2, -0.15) is 0 Å². The van der Waals surface area contributed by atoms with Gasteiger partial charge in [-0.15, -0.1) is 11.3 Å². The Balaban J connectivity index is 1.97. The van der Waals surface area contributed by atoms with Crippen LogP contribution in [0.15, 0.2) is 22.5 Å². The molecule has 0 fully saturated rings. The van der Waals surface area contributed by atoms with Crippen molar-refractivity contribution in [3.8, 4) is 0 Å². The second kappa shape index (κ2) is 6.41. The number of carbonyl (C=O) groups excluding carboxylic acids is 1. The van der Waals surface area contributed by atoms with Crippen molar-refractivity contribution in [2.24, 2.45) is 0 Å². The number of hydrogen-bond donors (Lipinski definition) is 1. The average Bonchev–Trinajstić information content (AvgIpc) is 2.75. The van der Waals surface area contributed by atoms with Crippen LogP contribution in [-0.2, 0) is 4.79 Å². The lowest BCUT2D eigenvalue weighted by Crippen LogP contribution is -2.25. The lowest BCUT2D eigenvalue weighted by molar-refractivity contribution is -0.118. The number of carbonyl (C=O) groups is 1. The van der Waals surface area contributed by atoms with Crippen molar-refractivity contribution in [3.05, 3.63) is 23.2 Å². The fraction of sp³-hybridized carbons (Fsp3) is 0.333. The molecule has 0 saturated heterocycles. The molecule has 0 aliphatic carbocycles. The van der Waals surface area contributed by atoms with Gasteiger partial charge in [-0.3, -0.25) is 4.79 Å². The highest BCUT2D eigenvalue weighted by atomic mass is 35.5. The van der Waals surface area contributed by atoms with E-state index >= 15 is 0 Å². The Morgan fingerprint density at radius 3 is 3.17 bits per heavy atom. The van der Waals surface area contributed by atoms with Gasteiger partial charge in [0.1, 0.15) is 0 Å². The molecule has 1 amide bonds. The second-order valence-electron chi connectivity index (χ2n) is 3.73. The summed E-state index contributed by atoms with van der Waals surface area (Å²) in [6.45, 7) is 2.76. The number of rotatable bonds is 5. The molecule has 3 nitrogen and oxygen atoms in total. The fourth-order valence-electron chi connectivity index (χ4n) is 1.38. The van der Waals surface area contributed by atoms with E-state index in [0.717, 1.165) is 27.5 Å². The number of hydrogen-bond acceptors (Lipinski definition) is 4. The predicted octanol–water partition coefficient (Wildman–Crippen LogP) is 3.57. The SMILES string of the molecule is CCCNC(=O)CSc1nc2cc(Cl)ccc2s1. The summed E-state index contributed by atoms with van der Waals surface area (Å²) in [6.07, 6.45) is 0.954. The Morgan fingerprint density at radius 2 is 2.39 bits per heavy atom. The summed E-state index contributed by atoms with van der Waals surface area (Å²) in [6, 6.07) is 5.65. The number of thiazole rings is 1. The molecule has 1 heterocycles. The quantitative estimate of drug-likeness (QED) is 0.858. The Labute approximate surface area is 119 Å². The molecule has 0 atom stereocenters. The summed E-state index contributed by atoms with van der Waals surface area (Å²) in [4.78, 5) is 15.9. The summed E-state index contributed by atoms with van der Waals surface area (Å²) >= 11 is 8.95. The maximum Gasteiger partial charge on any atom is 0.230 e. The molecule has 0 aliphatic rings. The van der Waals surface area contributed by atoms with E-state index in [9.17, 15) is 4.79 Å². The van der Waals surface area contributed by atoms with Crippen molar-refractivity contribution >= 4 is 50.8 Å². The summed E-state index contributed by atoms with van der Waals surface area (Å²) in [5, 5.41) is 3.53. The van der Waals surface area contributed by atoms with Gasteiger partial charge in [-0.05, 0) is 24.6 Å². The van der Waals surface area contributed by atoms with E-state index in [-0.39, 0.29) is 5.91 Å². The molecule has 0 spiro atoms. The number of amides is 1. The standard InChI is InChI=1S/C12H13ClN2OS2/c1-2-5-14-11(16)7-17-12-15-9-6-8(13)3-4-10(9)18-12/h3-4,6H,2,5,7H2,1H3,(H,14,16). The largest absolute Gasteiger partial charge is 0.355 e. The monoisotopic (exact) mass is 300 g/mol. The van der Waals surface area contributed by atoms with Crippen molar-refractivity contribution in [1.82, 2.24) is 10.3 Å². The van der Waals surface area contributed by atoms with Crippen LogP contribution in [0, 0.1) is 0 Å². The first-order valence-electron chi connectivity index (χ1n) is 5.64. The minimum absolute atomic E-state index is 0.0548. The Morgan fingerprint density at radius 1 is 1.56 bits per heavy atom. The van der Waals surface area contributed by atoms with Gasteiger partial charge >= 0.3 is 0 Å². The fourth-order valence-corrected chi connectivity index (χ4v) is 3.43. The Kier molecular flexibility index (Phi) is 4.86. The van der Waals surface area contributed by atoms with Crippen LogP contribution in [0.3, 0.4) is 0 Å². The highest BCUT2D eigenvalue weighted by Crippen LogP contribution is 2.30. The summed E-state index contributed by atoms with van der Waals surface area (Å²) in [7, 11) is 0. The molecule has 0 saturated carbocycles. The van der Waals surface area contributed by atoms with Crippen LogP contribution in [0.25, 0.3) is 10.2 Å². The third kappa shape index (κ3) is 3.60. The normalized spacial score (nSPS) is 10.8. The molecule has 0 aliphatic heterocycles. The smallest absolute Gasteiger partial charge is 0.230 e. The van der Waals surface area contributed by atoms with Gasteiger partial charge in [0, 0.05) is 11.6 Å². The summed E-state index contributed by atoms with van der Waals surface area (Å²) in [5.74, 6) is 0.465. The van der Waals surface area contributed by atoms with Crippen LogP contribution in [-0.4, -0.2) is 23.2 Å². The van der Waals surface area contributed by atoms with Gasteiger partial charge in [-0.25, -0.2) is 4.98 Å². The number of aromatic nitrogens is 1. The first-order chi connectivity index (χ1) is 8.69. The van der Waals surface area contributed by atoms with Gasteiger partial charge in [-0.1, -0.05) is 30.3 Å². The molecular weight excluding hydrogens is 288 g/mol. The van der Waals surface area contributed by atoms with E-state index in [0.29, 0.717) is 10.8 Å². The molecule has 0 unspecified atom stereocenters. The first-order valence-corrected chi connectivity index (χ1v) is 7.82. The highest BCUT2D eigenvalue weighted by Gasteiger charge is 2.07. The third-order valence-electron chi connectivity index (χ3n) is 2.23. The van der Waals surface area contributed by atoms with E-state index < -0.39 is 0 Å². The zero-order valence-electron chi connectivity index (χ0n) is 9.90. The zero-order chi connectivity index (χ0) is 13.0. The number of thioether (sulfide) groups is 1. The van der Waals surface area contributed by atoms with Crippen LogP contribution >= 0.6 is 34.7 Å². The zero-order valence-corrected chi connectivity index (χ0v) is 12.3.